The zero-order valence-corrected chi connectivity index (χ0v) is 7.96. The van der Waals surface area contributed by atoms with Crippen LogP contribution in [-0.2, 0) is 13.1 Å². The minimum absolute atomic E-state index is 0.121. The van der Waals surface area contributed by atoms with Crippen molar-refractivity contribution in [3.05, 3.63) is 46.5 Å². The van der Waals surface area contributed by atoms with E-state index in [1.54, 1.807) is 18.3 Å². The highest BCUT2D eigenvalue weighted by atomic mass is 16.5. The number of hydrogen-bond donors (Lipinski definition) is 1. The van der Waals surface area contributed by atoms with E-state index in [4.69, 9.17) is 5.73 Å². The van der Waals surface area contributed by atoms with Crippen LogP contribution in [0.4, 0.5) is 0 Å². The second-order valence-corrected chi connectivity index (χ2v) is 3.02. The van der Waals surface area contributed by atoms with Gasteiger partial charge in [0, 0.05) is 18.3 Å². The lowest BCUT2D eigenvalue weighted by Gasteiger charge is -2.03. The van der Waals surface area contributed by atoms with E-state index in [0.29, 0.717) is 17.9 Å². The van der Waals surface area contributed by atoms with E-state index >= 15 is 0 Å². The molecule has 0 atom stereocenters. The minimum Gasteiger partial charge on any atom is -0.343 e. The quantitative estimate of drug-likeness (QED) is 0.747. The summed E-state index contributed by atoms with van der Waals surface area (Å²) in [6, 6.07) is 3.47. The third-order valence-electron chi connectivity index (χ3n) is 2.04. The number of nitrogens with two attached hydrogens (primary N) is 1. The molecule has 2 N–H and O–H groups in total. The average molecular weight is 206 g/mol. The van der Waals surface area contributed by atoms with Crippen LogP contribution in [0.3, 0.4) is 0 Å². The third kappa shape index (κ3) is 1.94. The lowest BCUT2D eigenvalue weighted by atomic mass is 10.3. The largest absolute Gasteiger partial charge is 0.343 e. The fourth-order valence-electron chi connectivity index (χ4n) is 1.28. The zero-order valence-electron chi connectivity index (χ0n) is 7.96. The molecule has 0 spiro atoms. The van der Waals surface area contributed by atoms with Crippen molar-refractivity contribution < 1.29 is 4.52 Å². The summed E-state index contributed by atoms with van der Waals surface area (Å²) in [6.45, 7) is 0.523. The molecule has 2 aromatic heterocycles. The van der Waals surface area contributed by atoms with Crippen LogP contribution in [0.25, 0.3) is 0 Å². The van der Waals surface area contributed by atoms with Crippen molar-refractivity contribution in [2.24, 2.45) is 5.73 Å². The first-order valence-corrected chi connectivity index (χ1v) is 4.45. The van der Waals surface area contributed by atoms with Crippen LogP contribution < -0.4 is 11.3 Å². The number of aromatic nitrogens is 3. The van der Waals surface area contributed by atoms with Gasteiger partial charge in [-0.2, -0.15) is 4.98 Å². The number of hydrogen-bond acceptors (Lipinski definition) is 5. The van der Waals surface area contributed by atoms with Gasteiger partial charge in [0.15, 0.2) is 5.82 Å². The van der Waals surface area contributed by atoms with E-state index in [9.17, 15) is 4.79 Å². The van der Waals surface area contributed by atoms with Crippen LogP contribution in [0.1, 0.15) is 11.4 Å². The van der Waals surface area contributed by atoms with Gasteiger partial charge in [-0.15, -0.1) is 0 Å². The van der Waals surface area contributed by atoms with E-state index in [1.807, 2.05) is 0 Å². The molecule has 0 aliphatic rings. The molecule has 2 rings (SSSR count). The molecule has 0 aliphatic heterocycles. The summed E-state index contributed by atoms with van der Waals surface area (Å²) in [5, 5.41) is 3.63. The molecule has 2 aromatic rings. The molecule has 0 saturated heterocycles. The Kier molecular flexibility index (Phi) is 2.59. The molecule has 0 aromatic carbocycles. The van der Waals surface area contributed by atoms with Crippen LogP contribution in [0, 0.1) is 0 Å². The predicted molar refractivity (Wildman–Crippen MR) is 52.0 cm³/mol. The lowest BCUT2D eigenvalue weighted by molar-refractivity contribution is 0.408. The summed E-state index contributed by atoms with van der Waals surface area (Å²) < 4.78 is 6.08. The standard InChI is InChI=1S/C9H10N4O2/c10-4-7-2-1-3-13(9(7)14)5-8-11-6-15-12-8/h1-3,6H,4-5,10H2. The highest BCUT2D eigenvalue weighted by Crippen LogP contribution is 1.95. The maximum absolute atomic E-state index is 11.7. The number of nitrogens with zero attached hydrogens (tertiary/aromatic N) is 3. The van der Waals surface area contributed by atoms with Gasteiger partial charge in [-0.3, -0.25) is 4.79 Å². The van der Waals surface area contributed by atoms with Gasteiger partial charge in [0.25, 0.3) is 5.56 Å². The molecule has 0 aliphatic carbocycles. The van der Waals surface area contributed by atoms with Gasteiger partial charge in [0.2, 0.25) is 6.39 Å². The molecule has 78 valence electrons. The SMILES string of the molecule is NCc1cccn(Cc2ncon2)c1=O. The molecule has 6 nitrogen and oxygen atoms in total. The second kappa shape index (κ2) is 4.05. The van der Waals surface area contributed by atoms with Crippen LogP contribution >= 0.6 is 0 Å². The molecule has 0 bridgehead atoms. The monoisotopic (exact) mass is 206 g/mol. The maximum Gasteiger partial charge on any atom is 0.255 e. The Labute approximate surface area is 85.3 Å². The molecule has 2 heterocycles. The van der Waals surface area contributed by atoms with Crippen LogP contribution in [0.15, 0.2) is 34.0 Å². The number of rotatable bonds is 3. The molecular formula is C9H10N4O2. The second-order valence-electron chi connectivity index (χ2n) is 3.02. The van der Waals surface area contributed by atoms with Gasteiger partial charge in [0.1, 0.15) is 0 Å². The first-order chi connectivity index (χ1) is 7.31. The van der Waals surface area contributed by atoms with E-state index < -0.39 is 0 Å². The zero-order chi connectivity index (χ0) is 10.7. The highest BCUT2D eigenvalue weighted by Gasteiger charge is 2.04. The van der Waals surface area contributed by atoms with Gasteiger partial charge in [-0.25, -0.2) is 0 Å². The molecule has 0 radical (unpaired) electrons. The normalized spacial score (nSPS) is 10.5. The Bertz CT molecular complexity index is 489. The summed E-state index contributed by atoms with van der Waals surface area (Å²) in [4.78, 5) is 15.6. The van der Waals surface area contributed by atoms with Crippen molar-refractivity contribution in [1.82, 2.24) is 14.7 Å². The Morgan fingerprint density at radius 3 is 3.07 bits per heavy atom. The first kappa shape index (κ1) is 9.60. The van der Waals surface area contributed by atoms with Gasteiger partial charge in [0.05, 0.1) is 6.54 Å². The van der Waals surface area contributed by atoms with Crippen LogP contribution in [0.2, 0.25) is 0 Å². The van der Waals surface area contributed by atoms with E-state index in [0.717, 1.165) is 0 Å². The molecular weight excluding hydrogens is 196 g/mol. The molecule has 0 amide bonds. The summed E-state index contributed by atoms with van der Waals surface area (Å²) in [5.41, 5.74) is 5.88. The van der Waals surface area contributed by atoms with Crippen molar-refractivity contribution >= 4 is 0 Å². The van der Waals surface area contributed by atoms with Gasteiger partial charge in [-0.1, -0.05) is 11.2 Å². The maximum atomic E-state index is 11.7. The lowest BCUT2D eigenvalue weighted by Crippen LogP contribution is -2.25. The van der Waals surface area contributed by atoms with E-state index in [1.165, 1.54) is 11.0 Å². The average Bonchev–Trinajstić information content (AvgIpc) is 2.74. The fourth-order valence-corrected chi connectivity index (χ4v) is 1.28. The van der Waals surface area contributed by atoms with Crippen molar-refractivity contribution in [3.8, 4) is 0 Å². The minimum atomic E-state index is -0.121. The molecule has 6 heteroatoms. The van der Waals surface area contributed by atoms with Gasteiger partial charge in [-0.05, 0) is 6.07 Å². The molecule has 15 heavy (non-hydrogen) atoms. The van der Waals surface area contributed by atoms with Crippen molar-refractivity contribution in [2.75, 3.05) is 0 Å². The van der Waals surface area contributed by atoms with Gasteiger partial charge >= 0.3 is 0 Å². The highest BCUT2D eigenvalue weighted by molar-refractivity contribution is 5.10. The summed E-state index contributed by atoms with van der Waals surface area (Å²) in [5.74, 6) is 0.464. The van der Waals surface area contributed by atoms with Gasteiger partial charge < -0.3 is 14.8 Å². The predicted octanol–water partition coefficient (Wildman–Crippen LogP) is -0.262. The Morgan fingerprint density at radius 2 is 2.40 bits per heavy atom. The Hall–Kier alpha value is -1.95. The molecule has 0 unspecified atom stereocenters. The summed E-state index contributed by atoms with van der Waals surface area (Å²) in [6.07, 6.45) is 2.89. The van der Waals surface area contributed by atoms with E-state index in [2.05, 4.69) is 14.7 Å². The molecule has 0 saturated carbocycles. The van der Waals surface area contributed by atoms with Crippen molar-refractivity contribution in [2.45, 2.75) is 13.1 Å². The summed E-state index contributed by atoms with van der Waals surface area (Å²) in [7, 11) is 0. The Balaban J connectivity index is 2.33. The van der Waals surface area contributed by atoms with Crippen LogP contribution in [-0.4, -0.2) is 14.7 Å². The van der Waals surface area contributed by atoms with Crippen molar-refractivity contribution in [1.29, 1.82) is 0 Å². The van der Waals surface area contributed by atoms with E-state index in [-0.39, 0.29) is 12.1 Å². The van der Waals surface area contributed by atoms with Crippen LogP contribution in [0.5, 0.6) is 0 Å². The van der Waals surface area contributed by atoms with Crippen molar-refractivity contribution in [3.63, 3.8) is 0 Å². The number of pyridine rings is 1. The topological polar surface area (TPSA) is 86.9 Å². The first-order valence-electron chi connectivity index (χ1n) is 4.45. The summed E-state index contributed by atoms with van der Waals surface area (Å²) >= 11 is 0. The third-order valence-corrected chi connectivity index (χ3v) is 2.04. The Morgan fingerprint density at radius 1 is 1.53 bits per heavy atom. The fraction of sp³-hybridized carbons (Fsp3) is 0.222. The molecule has 0 fully saturated rings. The smallest absolute Gasteiger partial charge is 0.255 e.